The second-order valence-corrected chi connectivity index (χ2v) is 4.44. The van der Waals surface area contributed by atoms with Crippen molar-refractivity contribution in [3.8, 4) is 18.2 Å². The third-order valence-corrected chi connectivity index (χ3v) is 3.33. The van der Waals surface area contributed by atoms with Gasteiger partial charge in [0.25, 0.3) is 0 Å². The molecule has 0 fully saturated rings. The highest BCUT2D eigenvalue weighted by atomic mass is 14.4. The highest BCUT2D eigenvalue weighted by Crippen LogP contribution is 2.40. The maximum atomic E-state index is 8.96. The van der Waals surface area contributed by atoms with Crippen molar-refractivity contribution in [3.63, 3.8) is 0 Å². The van der Waals surface area contributed by atoms with E-state index in [1.807, 2.05) is 27.7 Å². The van der Waals surface area contributed by atoms with Crippen LogP contribution in [0.2, 0.25) is 0 Å². The zero-order valence-electron chi connectivity index (χ0n) is 9.78. The summed E-state index contributed by atoms with van der Waals surface area (Å²) in [4.78, 5) is 0. The molecule has 0 bridgehead atoms. The lowest BCUT2D eigenvalue weighted by molar-refractivity contribution is 0.153. The Morgan fingerprint density at radius 1 is 0.933 bits per heavy atom. The van der Waals surface area contributed by atoms with E-state index in [4.69, 9.17) is 15.8 Å². The minimum absolute atomic E-state index is 0.124. The monoisotopic (exact) mass is 203 g/mol. The first kappa shape index (κ1) is 13.5. The molecule has 0 aromatic heterocycles. The zero-order chi connectivity index (χ0) is 12.1. The molecule has 3 unspecified atom stereocenters. The topological polar surface area (TPSA) is 71.4 Å². The number of rotatable bonds is 4. The molecule has 0 rings (SSSR count). The molecule has 0 spiro atoms. The Kier molecular flexibility index (Phi) is 4.83. The summed E-state index contributed by atoms with van der Waals surface area (Å²) in [5, 5.41) is 26.7. The summed E-state index contributed by atoms with van der Waals surface area (Å²) < 4.78 is 0. The van der Waals surface area contributed by atoms with Crippen LogP contribution in [0.3, 0.4) is 0 Å². The fourth-order valence-corrected chi connectivity index (χ4v) is 1.73. The van der Waals surface area contributed by atoms with Crippen LogP contribution in [0.25, 0.3) is 0 Å². The molecule has 0 saturated heterocycles. The molecule has 0 saturated carbocycles. The molecule has 3 atom stereocenters. The summed E-state index contributed by atoms with van der Waals surface area (Å²) in [6, 6.07) is 6.54. The van der Waals surface area contributed by atoms with Crippen molar-refractivity contribution in [1.29, 1.82) is 15.8 Å². The molecule has 0 aliphatic rings. The fraction of sp³-hybridized carbons (Fsp3) is 0.750. The Bertz CT molecular complexity index is 306. The molecule has 3 heteroatoms. The van der Waals surface area contributed by atoms with Gasteiger partial charge in [-0.25, -0.2) is 0 Å². The van der Waals surface area contributed by atoms with Crippen molar-refractivity contribution >= 4 is 0 Å². The van der Waals surface area contributed by atoms with Crippen LogP contribution < -0.4 is 0 Å². The van der Waals surface area contributed by atoms with Gasteiger partial charge in [0.15, 0.2) is 0 Å². The van der Waals surface area contributed by atoms with Crippen LogP contribution in [-0.4, -0.2) is 0 Å². The highest BCUT2D eigenvalue weighted by Gasteiger charge is 2.38. The second-order valence-electron chi connectivity index (χ2n) is 4.44. The summed E-state index contributed by atoms with van der Waals surface area (Å²) in [5.74, 6) is -0.563. The van der Waals surface area contributed by atoms with Gasteiger partial charge in [-0.1, -0.05) is 6.92 Å². The van der Waals surface area contributed by atoms with E-state index in [-0.39, 0.29) is 17.8 Å². The van der Waals surface area contributed by atoms with Gasteiger partial charge in [0.1, 0.15) is 0 Å². The molecular formula is C12H17N3. The van der Waals surface area contributed by atoms with Gasteiger partial charge in [-0.15, -0.1) is 0 Å². The molecule has 15 heavy (non-hydrogen) atoms. The van der Waals surface area contributed by atoms with Gasteiger partial charge < -0.3 is 0 Å². The molecule has 0 amide bonds. The first-order chi connectivity index (χ1) is 6.92. The summed E-state index contributed by atoms with van der Waals surface area (Å²) in [7, 11) is 0. The Balaban J connectivity index is 4.99. The van der Waals surface area contributed by atoms with Gasteiger partial charge in [-0.2, -0.15) is 15.8 Å². The van der Waals surface area contributed by atoms with Crippen molar-refractivity contribution in [2.24, 2.45) is 23.2 Å². The van der Waals surface area contributed by atoms with E-state index in [0.29, 0.717) is 6.42 Å². The summed E-state index contributed by atoms with van der Waals surface area (Å²) in [6.07, 6.45) is 0.590. The smallest absolute Gasteiger partial charge is 0.0659 e. The second kappa shape index (κ2) is 5.38. The third-order valence-electron chi connectivity index (χ3n) is 3.33. The van der Waals surface area contributed by atoms with Crippen LogP contribution in [0.4, 0.5) is 0 Å². The number of hydrogen-bond donors (Lipinski definition) is 0. The van der Waals surface area contributed by atoms with E-state index >= 15 is 0 Å². The SMILES string of the molecule is CC(C#N)CC(C)(C(C)C#N)C(C)C#N. The fourth-order valence-electron chi connectivity index (χ4n) is 1.73. The Hall–Kier alpha value is -1.53. The minimum atomic E-state index is -0.404. The van der Waals surface area contributed by atoms with Crippen molar-refractivity contribution in [1.82, 2.24) is 0 Å². The molecule has 0 aliphatic carbocycles. The average Bonchev–Trinajstić information content (AvgIpc) is 2.25. The first-order valence-electron chi connectivity index (χ1n) is 5.11. The lowest BCUT2D eigenvalue weighted by Gasteiger charge is -2.35. The van der Waals surface area contributed by atoms with Crippen LogP contribution in [-0.2, 0) is 0 Å². The Morgan fingerprint density at radius 3 is 1.60 bits per heavy atom. The summed E-state index contributed by atoms with van der Waals surface area (Å²) in [6.45, 7) is 7.38. The maximum absolute atomic E-state index is 8.96. The van der Waals surface area contributed by atoms with Crippen LogP contribution in [0.15, 0.2) is 0 Å². The van der Waals surface area contributed by atoms with Gasteiger partial charge in [-0.05, 0) is 32.6 Å². The van der Waals surface area contributed by atoms with E-state index in [1.165, 1.54) is 0 Å². The summed E-state index contributed by atoms with van der Waals surface area (Å²) in [5.41, 5.74) is -0.404. The van der Waals surface area contributed by atoms with Gasteiger partial charge in [0.05, 0.1) is 30.0 Å². The molecule has 0 aromatic carbocycles. The normalized spacial score (nSPS) is 19.8. The number of nitriles is 3. The van der Waals surface area contributed by atoms with Crippen molar-refractivity contribution < 1.29 is 0 Å². The van der Waals surface area contributed by atoms with Crippen molar-refractivity contribution in [3.05, 3.63) is 0 Å². The molecule has 3 nitrogen and oxygen atoms in total. The van der Waals surface area contributed by atoms with Crippen LogP contribution in [0.1, 0.15) is 34.1 Å². The predicted octanol–water partition coefficient (Wildman–Crippen LogP) is 2.86. The van der Waals surface area contributed by atoms with Crippen molar-refractivity contribution in [2.45, 2.75) is 34.1 Å². The van der Waals surface area contributed by atoms with Crippen LogP contribution in [0, 0.1) is 57.2 Å². The quantitative estimate of drug-likeness (QED) is 0.705. The van der Waals surface area contributed by atoms with E-state index in [0.717, 1.165) is 0 Å². The first-order valence-corrected chi connectivity index (χ1v) is 5.11. The highest BCUT2D eigenvalue weighted by molar-refractivity contribution is 5.04. The molecule has 80 valence electrons. The van der Waals surface area contributed by atoms with E-state index < -0.39 is 5.41 Å². The summed E-state index contributed by atoms with van der Waals surface area (Å²) >= 11 is 0. The Morgan fingerprint density at radius 2 is 1.33 bits per heavy atom. The largest absolute Gasteiger partial charge is 0.198 e. The molecule has 0 heterocycles. The third kappa shape index (κ3) is 2.97. The lowest BCUT2D eigenvalue weighted by atomic mass is 9.66. The number of nitrogens with zero attached hydrogens (tertiary/aromatic N) is 3. The van der Waals surface area contributed by atoms with Crippen LogP contribution in [0.5, 0.6) is 0 Å². The maximum Gasteiger partial charge on any atom is 0.0659 e. The zero-order valence-corrected chi connectivity index (χ0v) is 9.78. The van der Waals surface area contributed by atoms with Crippen molar-refractivity contribution in [2.75, 3.05) is 0 Å². The van der Waals surface area contributed by atoms with E-state index in [9.17, 15) is 0 Å². The van der Waals surface area contributed by atoms with Gasteiger partial charge in [-0.3, -0.25) is 0 Å². The van der Waals surface area contributed by atoms with Gasteiger partial charge in [0, 0.05) is 5.92 Å². The van der Waals surface area contributed by atoms with Gasteiger partial charge in [0.2, 0.25) is 0 Å². The van der Waals surface area contributed by atoms with E-state index in [1.54, 1.807) is 0 Å². The molecular weight excluding hydrogens is 186 g/mol. The molecule has 0 N–H and O–H groups in total. The van der Waals surface area contributed by atoms with E-state index in [2.05, 4.69) is 18.2 Å². The average molecular weight is 203 g/mol. The lowest BCUT2D eigenvalue weighted by Crippen LogP contribution is -2.33. The predicted molar refractivity (Wildman–Crippen MR) is 57.1 cm³/mol. The number of hydrogen-bond acceptors (Lipinski definition) is 3. The standard InChI is InChI=1S/C12H17N3/c1-9(6-13)5-12(4,10(2)7-14)11(3)8-15/h9-11H,5H2,1-4H3. The Labute approximate surface area is 91.9 Å². The van der Waals surface area contributed by atoms with Crippen LogP contribution >= 0.6 is 0 Å². The molecule has 0 aromatic rings. The molecule has 0 aliphatic heterocycles. The minimum Gasteiger partial charge on any atom is -0.198 e. The molecule has 0 radical (unpaired) electrons. The van der Waals surface area contributed by atoms with Gasteiger partial charge >= 0.3 is 0 Å².